The minimum absolute atomic E-state index is 0.00571. The highest BCUT2D eigenvalue weighted by Crippen LogP contribution is 2.44. The van der Waals surface area contributed by atoms with Gasteiger partial charge in [-0.05, 0) is 81.6 Å². The number of phenolic OH excluding ortho intramolecular Hbond substituents is 2. The molecule has 0 aliphatic carbocycles. The molecule has 3 aromatic heterocycles. The van der Waals surface area contributed by atoms with Crippen molar-refractivity contribution in [3.05, 3.63) is 157 Å². The van der Waals surface area contributed by atoms with Crippen molar-refractivity contribution in [2.75, 3.05) is 0 Å². The topological polar surface area (TPSA) is 105 Å². The van der Waals surface area contributed by atoms with E-state index in [-0.39, 0.29) is 11.5 Å². The third kappa shape index (κ3) is 5.28. The Morgan fingerprint density at radius 1 is 0.508 bits per heavy atom. The molecule has 0 amide bonds. The van der Waals surface area contributed by atoms with Gasteiger partial charge in [-0.2, -0.15) is 0 Å². The second kappa shape index (κ2) is 13.2. The van der Waals surface area contributed by atoms with Crippen LogP contribution in [0.2, 0.25) is 0 Å². The molecule has 11 rings (SSSR count). The molecule has 0 unspecified atom stereocenters. The summed E-state index contributed by atoms with van der Waals surface area (Å²) in [6.45, 7) is 1.99. The molecule has 7 heteroatoms. The predicted molar refractivity (Wildman–Crippen MR) is 237 cm³/mol. The van der Waals surface area contributed by atoms with Crippen LogP contribution in [0.5, 0.6) is 11.5 Å². The van der Waals surface area contributed by atoms with Gasteiger partial charge in [0, 0.05) is 38.2 Å². The second-order valence-electron chi connectivity index (χ2n) is 14.5. The predicted octanol–water partition coefficient (Wildman–Crippen LogP) is 13.1. The van der Waals surface area contributed by atoms with E-state index >= 15 is 0 Å². The molecule has 278 valence electrons. The number of rotatable bonds is 5. The third-order valence-corrected chi connectivity index (χ3v) is 11.1. The van der Waals surface area contributed by atoms with Crippen molar-refractivity contribution in [1.82, 2.24) is 15.0 Å². The van der Waals surface area contributed by atoms with Crippen molar-refractivity contribution >= 4 is 71.5 Å². The molecule has 0 aliphatic heterocycles. The van der Waals surface area contributed by atoms with Gasteiger partial charge < -0.3 is 19.0 Å². The Bertz CT molecular complexity index is 3610. The highest BCUT2D eigenvalue weighted by atomic mass is 16.4. The molecule has 0 fully saturated rings. The lowest BCUT2D eigenvalue weighted by Gasteiger charge is -2.14. The molecule has 8 aromatic carbocycles. The van der Waals surface area contributed by atoms with E-state index in [1.807, 2.05) is 104 Å². The zero-order valence-electron chi connectivity index (χ0n) is 31.6. The summed E-state index contributed by atoms with van der Waals surface area (Å²) in [4.78, 5) is 15.2. The van der Waals surface area contributed by atoms with Gasteiger partial charge in [-0.15, -0.1) is 6.42 Å². The van der Waals surface area contributed by atoms with Gasteiger partial charge >= 0.3 is 0 Å². The molecule has 7 nitrogen and oxygen atoms in total. The number of hydrogen-bond acceptors (Lipinski definition) is 7. The lowest BCUT2D eigenvalue weighted by atomic mass is 9.89. The molecule has 0 bridgehead atoms. The van der Waals surface area contributed by atoms with E-state index < -0.39 is 0 Å². The minimum atomic E-state index is 0.00571. The van der Waals surface area contributed by atoms with E-state index in [1.165, 1.54) is 0 Å². The monoisotopic (exact) mass is 761 g/mol. The van der Waals surface area contributed by atoms with E-state index in [0.717, 1.165) is 65.5 Å². The van der Waals surface area contributed by atoms with Crippen LogP contribution in [-0.2, 0) is 0 Å². The molecule has 0 radical (unpaired) electrons. The smallest absolute Gasteiger partial charge is 0.177 e. The molecule has 0 spiro atoms. The first-order valence-electron chi connectivity index (χ1n) is 19.2. The highest BCUT2D eigenvalue weighted by molar-refractivity contribution is 6.17. The van der Waals surface area contributed by atoms with Crippen molar-refractivity contribution in [2.45, 2.75) is 6.92 Å². The lowest BCUT2D eigenvalue weighted by molar-refractivity contribution is 0.468. The lowest BCUT2D eigenvalue weighted by Crippen LogP contribution is -2.00. The number of nitrogens with zero attached hydrogens (tertiary/aromatic N) is 3. The molecule has 0 aliphatic rings. The summed E-state index contributed by atoms with van der Waals surface area (Å²) in [6, 6.07) is 45.0. The maximum absolute atomic E-state index is 11.6. The van der Waals surface area contributed by atoms with Crippen LogP contribution in [-0.4, -0.2) is 25.2 Å². The number of furan rings is 2. The van der Waals surface area contributed by atoms with Gasteiger partial charge in [-0.25, -0.2) is 15.0 Å². The molecule has 11 aromatic rings. The van der Waals surface area contributed by atoms with Gasteiger partial charge in [-0.3, -0.25) is 0 Å². The molecule has 3 heterocycles. The molecule has 0 saturated heterocycles. The van der Waals surface area contributed by atoms with Crippen LogP contribution >= 0.6 is 0 Å². The summed E-state index contributed by atoms with van der Waals surface area (Å²) in [5, 5.41) is 29.6. The Morgan fingerprint density at radius 2 is 1.15 bits per heavy atom. The number of hydrogen-bond donors (Lipinski definition) is 2. The van der Waals surface area contributed by atoms with Gasteiger partial charge in [0.05, 0.1) is 5.56 Å². The van der Waals surface area contributed by atoms with Crippen molar-refractivity contribution in [3.8, 4) is 69.1 Å². The molecule has 0 saturated carbocycles. The second-order valence-corrected chi connectivity index (χ2v) is 14.5. The van der Waals surface area contributed by atoms with E-state index in [4.69, 9.17) is 30.2 Å². The van der Waals surface area contributed by atoms with Crippen molar-refractivity contribution in [1.29, 1.82) is 0 Å². The standard InChI is InChI=1S/C52H31N3O4/c1-3-13-33-32(4-2)41-26-30(24-25-36(41)35-17-9-8-16-34(33)35)31-27-42-46-39(20-12-23-45(46)58-49(42)44(57)28-31)51-53-50(29-14-6-5-7-15-29)54-52(55-51)40-21-10-18-37-38-19-11-22-43(56)48(38)59-47(37)40/h2-3,5-28,56-57H,1H3/b13-3-. The van der Waals surface area contributed by atoms with E-state index in [0.29, 0.717) is 56.3 Å². The molecular weight excluding hydrogens is 731 g/mol. The van der Waals surface area contributed by atoms with Crippen LogP contribution in [0, 0.1) is 12.3 Å². The zero-order valence-corrected chi connectivity index (χ0v) is 31.6. The first-order valence-corrected chi connectivity index (χ1v) is 19.2. The van der Waals surface area contributed by atoms with Gasteiger partial charge in [-0.1, -0.05) is 121 Å². The number of benzene rings is 8. The van der Waals surface area contributed by atoms with Gasteiger partial charge in [0.2, 0.25) is 0 Å². The van der Waals surface area contributed by atoms with E-state index in [1.54, 1.807) is 18.2 Å². The fourth-order valence-electron chi connectivity index (χ4n) is 8.47. The summed E-state index contributed by atoms with van der Waals surface area (Å²) in [7, 11) is 0. The molecule has 2 N–H and O–H groups in total. The number of allylic oxidation sites excluding steroid dienone is 1. The van der Waals surface area contributed by atoms with Crippen LogP contribution in [0.3, 0.4) is 0 Å². The van der Waals surface area contributed by atoms with Gasteiger partial charge in [0.1, 0.15) is 11.2 Å². The average Bonchev–Trinajstić information content (AvgIpc) is 3.87. The average molecular weight is 762 g/mol. The van der Waals surface area contributed by atoms with Gasteiger partial charge in [0.15, 0.2) is 40.1 Å². The van der Waals surface area contributed by atoms with E-state index in [9.17, 15) is 10.2 Å². The quantitative estimate of drug-likeness (QED) is 0.133. The number of fused-ring (bicyclic) bond motifs is 9. The summed E-state index contributed by atoms with van der Waals surface area (Å²) in [5.74, 6) is 4.33. The van der Waals surface area contributed by atoms with Crippen LogP contribution in [0.25, 0.3) is 117 Å². The summed E-state index contributed by atoms with van der Waals surface area (Å²) >= 11 is 0. The third-order valence-electron chi connectivity index (χ3n) is 11.1. The Kier molecular flexibility index (Phi) is 7.62. The SMILES string of the molecule is C#Cc1c(/C=C\C)c2ccccc2c2ccc(-c3cc(O)c4oc5cccc(-c6nc(-c7ccccc7)nc(-c7cccc8c7oc7c(O)cccc78)n6)c5c4c3)cc12. The van der Waals surface area contributed by atoms with E-state index in [2.05, 4.69) is 42.3 Å². The zero-order chi connectivity index (χ0) is 39.8. The van der Waals surface area contributed by atoms with Crippen LogP contribution in [0.1, 0.15) is 18.1 Å². The largest absolute Gasteiger partial charge is 0.504 e. The fraction of sp³-hybridized carbons (Fsp3) is 0.0192. The van der Waals surface area contributed by atoms with Crippen molar-refractivity contribution in [3.63, 3.8) is 0 Å². The fourth-order valence-corrected chi connectivity index (χ4v) is 8.47. The van der Waals surface area contributed by atoms with Crippen molar-refractivity contribution in [2.24, 2.45) is 0 Å². The highest BCUT2D eigenvalue weighted by Gasteiger charge is 2.23. The first-order chi connectivity index (χ1) is 29.0. The Labute approximate surface area is 337 Å². The van der Waals surface area contributed by atoms with Crippen LogP contribution < -0.4 is 0 Å². The molecule has 59 heavy (non-hydrogen) atoms. The molecular formula is C52H31N3O4. The Morgan fingerprint density at radius 3 is 1.97 bits per heavy atom. The maximum Gasteiger partial charge on any atom is 0.177 e. The van der Waals surface area contributed by atoms with Crippen LogP contribution in [0.4, 0.5) is 0 Å². The van der Waals surface area contributed by atoms with Gasteiger partial charge in [0.25, 0.3) is 0 Å². The number of aromatic hydroxyl groups is 2. The first kappa shape index (κ1) is 34.1. The minimum Gasteiger partial charge on any atom is -0.504 e. The number of aromatic nitrogens is 3. The molecule has 0 atom stereocenters. The number of terminal acetylenes is 1. The number of phenols is 2. The van der Waals surface area contributed by atoms with Crippen molar-refractivity contribution < 1.29 is 19.0 Å². The normalized spacial score (nSPS) is 11.9. The maximum atomic E-state index is 11.6. The summed E-state index contributed by atoms with van der Waals surface area (Å²) in [6.07, 6.45) is 10.3. The van der Waals surface area contributed by atoms with Crippen LogP contribution in [0.15, 0.2) is 154 Å². The Hall–Kier alpha value is -8.21. The number of para-hydroxylation sites is 2. The summed E-state index contributed by atoms with van der Waals surface area (Å²) < 4.78 is 12.7. The Balaban J connectivity index is 1.14. The summed E-state index contributed by atoms with van der Waals surface area (Å²) in [5.41, 5.74) is 7.52.